The van der Waals surface area contributed by atoms with E-state index in [1.54, 1.807) is 26.0 Å². The lowest BCUT2D eigenvalue weighted by atomic mass is 10.1. The molecule has 1 amide bonds. The lowest BCUT2D eigenvalue weighted by Crippen LogP contribution is -2.30. The minimum Gasteiger partial charge on any atom is -0.497 e. The van der Waals surface area contributed by atoms with Crippen molar-refractivity contribution >= 4 is 17.7 Å². The molecule has 0 N–H and O–H groups in total. The zero-order valence-corrected chi connectivity index (χ0v) is 14.0. The number of benzene rings is 2. The maximum Gasteiger partial charge on any atom is 0.255 e. The van der Waals surface area contributed by atoms with Crippen LogP contribution in [0.3, 0.4) is 0 Å². The molecule has 23 heavy (non-hydrogen) atoms. The number of methoxy groups -OCH3 is 2. The van der Waals surface area contributed by atoms with Gasteiger partial charge in [-0.2, -0.15) is 0 Å². The zero-order chi connectivity index (χ0) is 16.2. The number of hydrogen-bond acceptors (Lipinski definition) is 4. The zero-order valence-electron chi connectivity index (χ0n) is 13.2. The highest BCUT2D eigenvalue weighted by Crippen LogP contribution is 2.43. The molecular weight excluding hydrogens is 310 g/mol. The molecule has 120 valence electrons. The Morgan fingerprint density at radius 2 is 1.91 bits per heavy atom. The third kappa shape index (κ3) is 3.15. The van der Waals surface area contributed by atoms with Gasteiger partial charge in [-0.15, -0.1) is 11.8 Å². The van der Waals surface area contributed by atoms with Crippen LogP contribution < -0.4 is 9.47 Å². The van der Waals surface area contributed by atoms with Crippen LogP contribution in [-0.2, 0) is 0 Å². The van der Waals surface area contributed by atoms with E-state index in [0.717, 1.165) is 29.4 Å². The predicted octanol–water partition coefficient (Wildman–Crippen LogP) is 3.59. The Hall–Kier alpha value is -2.14. The van der Waals surface area contributed by atoms with Gasteiger partial charge in [0.05, 0.1) is 14.2 Å². The van der Waals surface area contributed by atoms with Crippen LogP contribution in [0, 0.1) is 0 Å². The van der Waals surface area contributed by atoms with Crippen LogP contribution in [0.4, 0.5) is 0 Å². The minimum atomic E-state index is -0.0384. The topological polar surface area (TPSA) is 38.8 Å². The van der Waals surface area contributed by atoms with Crippen LogP contribution in [0.1, 0.15) is 21.3 Å². The van der Waals surface area contributed by atoms with E-state index in [2.05, 4.69) is 0 Å². The Bertz CT molecular complexity index is 690. The summed E-state index contributed by atoms with van der Waals surface area (Å²) in [6.07, 6.45) is 0. The van der Waals surface area contributed by atoms with Gasteiger partial charge >= 0.3 is 0 Å². The standard InChI is InChI=1S/C18H19NO3S/c1-21-14-8-9-15(16(12-14)22-2)18-19(10-11-23-18)17(20)13-6-4-3-5-7-13/h3-9,12,18H,10-11H2,1-2H3/t18-/m0/s1. The number of carbonyl (C=O) groups excluding carboxylic acids is 1. The van der Waals surface area contributed by atoms with E-state index in [9.17, 15) is 4.79 Å². The third-order valence-corrected chi connectivity index (χ3v) is 5.12. The molecule has 0 saturated carbocycles. The smallest absolute Gasteiger partial charge is 0.255 e. The number of thioether (sulfide) groups is 1. The van der Waals surface area contributed by atoms with Gasteiger partial charge in [-0.3, -0.25) is 4.79 Å². The third-order valence-electron chi connectivity index (χ3n) is 3.88. The number of nitrogens with zero attached hydrogens (tertiary/aromatic N) is 1. The highest BCUT2D eigenvalue weighted by Gasteiger charge is 2.33. The summed E-state index contributed by atoms with van der Waals surface area (Å²) in [4.78, 5) is 14.7. The lowest BCUT2D eigenvalue weighted by Gasteiger charge is -2.25. The molecule has 2 aromatic rings. The number of ether oxygens (including phenoxy) is 2. The molecule has 4 nitrogen and oxygen atoms in total. The Balaban J connectivity index is 1.91. The first-order chi connectivity index (χ1) is 11.2. The summed E-state index contributed by atoms with van der Waals surface area (Å²) >= 11 is 1.75. The van der Waals surface area contributed by atoms with Crippen molar-refractivity contribution in [2.24, 2.45) is 0 Å². The maximum absolute atomic E-state index is 12.8. The highest BCUT2D eigenvalue weighted by atomic mass is 32.2. The van der Waals surface area contributed by atoms with Gasteiger partial charge < -0.3 is 14.4 Å². The summed E-state index contributed by atoms with van der Waals surface area (Å²) in [6, 6.07) is 15.1. The van der Waals surface area contributed by atoms with Crippen molar-refractivity contribution < 1.29 is 14.3 Å². The van der Waals surface area contributed by atoms with Crippen molar-refractivity contribution in [2.45, 2.75) is 5.37 Å². The van der Waals surface area contributed by atoms with Gasteiger partial charge in [0.15, 0.2) is 0 Å². The van der Waals surface area contributed by atoms with Gasteiger partial charge in [0.2, 0.25) is 0 Å². The van der Waals surface area contributed by atoms with Gasteiger partial charge in [0, 0.05) is 29.5 Å². The van der Waals surface area contributed by atoms with Crippen molar-refractivity contribution in [1.29, 1.82) is 0 Å². The summed E-state index contributed by atoms with van der Waals surface area (Å²) in [5.74, 6) is 2.46. The molecule has 1 heterocycles. The predicted molar refractivity (Wildman–Crippen MR) is 92.2 cm³/mol. The van der Waals surface area contributed by atoms with Crippen molar-refractivity contribution in [3.8, 4) is 11.5 Å². The first-order valence-corrected chi connectivity index (χ1v) is 8.49. The molecule has 0 bridgehead atoms. The Morgan fingerprint density at radius 3 is 2.61 bits per heavy atom. The molecule has 0 spiro atoms. The number of hydrogen-bond donors (Lipinski definition) is 0. The molecule has 1 aliphatic rings. The fourth-order valence-electron chi connectivity index (χ4n) is 2.70. The Morgan fingerprint density at radius 1 is 1.13 bits per heavy atom. The molecule has 1 aliphatic heterocycles. The second-order valence-electron chi connectivity index (χ2n) is 5.20. The number of amides is 1. The molecule has 1 fully saturated rings. The van der Waals surface area contributed by atoms with Crippen LogP contribution >= 0.6 is 11.8 Å². The average molecular weight is 329 g/mol. The molecule has 0 radical (unpaired) electrons. The van der Waals surface area contributed by atoms with E-state index in [0.29, 0.717) is 5.56 Å². The summed E-state index contributed by atoms with van der Waals surface area (Å²) in [5, 5.41) is -0.0384. The number of rotatable bonds is 4. The van der Waals surface area contributed by atoms with E-state index in [4.69, 9.17) is 9.47 Å². The molecule has 3 rings (SSSR count). The van der Waals surface area contributed by atoms with Gasteiger partial charge in [-0.05, 0) is 24.3 Å². The second kappa shape index (κ2) is 6.96. The van der Waals surface area contributed by atoms with Crippen molar-refractivity contribution in [1.82, 2.24) is 4.90 Å². The fourth-order valence-corrected chi connectivity index (χ4v) is 3.99. The first kappa shape index (κ1) is 15.7. The molecule has 2 aromatic carbocycles. The van der Waals surface area contributed by atoms with Crippen molar-refractivity contribution in [3.05, 3.63) is 59.7 Å². The van der Waals surface area contributed by atoms with Crippen LogP contribution in [0.15, 0.2) is 48.5 Å². The molecule has 5 heteroatoms. The minimum absolute atomic E-state index is 0.0384. The van der Waals surface area contributed by atoms with Crippen LogP contribution in [0.2, 0.25) is 0 Å². The molecule has 0 unspecified atom stereocenters. The van der Waals surface area contributed by atoms with Gasteiger partial charge in [-0.1, -0.05) is 18.2 Å². The van der Waals surface area contributed by atoms with Gasteiger partial charge in [-0.25, -0.2) is 0 Å². The number of carbonyl (C=O) groups is 1. The largest absolute Gasteiger partial charge is 0.497 e. The maximum atomic E-state index is 12.8. The second-order valence-corrected chi connectivity index (χ2v) is 6.38. The van der Waals surface area contributed by atoms with Gasteiger partial charge in [0.25, 0.3) is 5.91 Å². The SMILES string of the molecule is COc1ccc([C@@H]2SCCN2C(=O)c2ccccc2)c(OC)c1. The first-order valence-electron chi connectivity index (χ1n) is 7.44. The molecule has 1 saturated heterocycles. The molecule has 0 aromatic heterocycles. The highest BCUT2D eigenvalue weighted by molar-refractivity contribution is 7.99. The van der Waals surface area contributed by atoms with Crippen molar-refractivity contribution in [3.63, 3.8) is 0 Å². The summed E-state index contributed by atoms with van der Waals surface area (Å²) in [5.41, 5.74) is 1.72. The van der Waals surface area contributed by atoms with E-state index >= 15 is 0 Å². The van der Waals surface area contributed by atoms with E-state index in [1.165, 1.54) is 0 Å². The summed E-state index contributed by atoms with van der Waals surface area (Å²) in [6.45, 7) is 0.734. The Kier molecular flexibility index (Phi) is 4.76. The average Bonchev–Trinajstić information content (AvgIpc) is 3.10. The fraction of sp³-hybridized carbons (Fsp3) is 0.278. The summed E-state index contributed by atoms with van der Waals surface area (Å²) < 4.78 is 10.8. The lowest BCUT2D eigenvalue weighted by molar-refractivity contribution is 0.0759. The molecule has 1 atom stereocenters. The van der Waals surface area contributed by atoms with Crippen LogP contribution in [-0.4, -0.2) is 37.3 Å². The molecule has 0 aliphatic carbocycles. The summed E-state index contributed by atoms with van der Waals surface area (Å²) in [7, 11) is 3.27. The quantitative estimate of drug-likeness (QED) is 0.859. The Labute approximate surface area is 140 Å². The molecular formula is C18H19NO3S. The normalized spacial score (nSPS) is 17.1. The van der Waals surface area contributed by atoms with Crippen LogP contribution in [0.5, 0.6) is 11.5 Å². The monoisotopic (exact) mass is 329 g/mol. The van der Waals surface area contributed by atoms with Gasteiger partial charge in [0.1, 0.15) is 16.9 Å². The van der Waals surface area contributed by atoms with E-state index in [-0.39, 0.29) is 11.3 Å². The van der Waals surface area contributed by atoms with Crippen molar-refractivity contribution in [2.75, 3.05) is 26.5 Å². The van der Waals surface area contributed by atoms with Crippen LogP contribution in [0.25, 0.3) is 0 Å². The van der Waals surface area contributed by atoms with E-state index < -0.39 is 0 Å². The van der Waals surface area contributed by atoms with E-state index in [1.807, 2.05) is 53.4 Å².